The standard InChI is InChI=1S/C17H16ClNO4/c1-10-14(18)4-3-5-15(10)19-16(20)12-6-8-13(9-7-12)23-11(2)17(21)22/h3-9,11H,1-2H3,(H,19,20)(H,21,22)/p-1/t11-/m0/s1. The maximum atomic E-state index is 12.2. The normalized spacial score (nSPS) is 11.6. The molecule has 23 heavy (non-hydrogen) atoms. The average Bonchev–Trinajstić information content (AvgIpc) is 2.52. The van der Waals surface area contributed by atoms with E-state index in [4.69, 9.17) is 16.3 Å². The minimum atomic E-state index is -1.30. The Bertz CT molecular complexity index is 728. The molecule has 6 heteroatoms. The zero-order valence-corrected chi connectivity index (χ0v) is 13.4. The first kappa shape index (κ1) is 16.8. The van der Waals surface area contributed by atoms with E-state index in [1.165, 1.54) is 19.1 Å². The van der Waals surface area contributed by atoms with Crippen molar-refractivity contribution in [2.24, 2.45) is 0 Å². The van der Waals surface area contributed by atoms with Crippen molar-refractivity contribution in [2.45, 2.75) is 20.0 Å². The second kappa shape index (κ2) is 7.15. The summed E-state index contributed by atoms with van der Waals surface area (Å²) in [5.74, 6) is -1.25. The predicted octanol–water partition coefficient (Wildman–Crippen LogP) is 2.42. The van der Waals surface area contributed by atoms with Crippen molar-refractivity contribution in [3.05, 3.63) is 58.6 Å². The molecular formula is C17H15ClNO4-. The van der Waals surface area contributed by atoms with Gasteiger partial charge in [0.25, 0.3) is 5.91 Å². The van der Waals surface area contributed by atoms with Gasteiger partial charge >= 0.3 is 0 Å². The summed E-state index contributed by atoms with van der Waals surface area (Å²) in [5.41, 5.74) is 1.83. The van der Waals surface area contributed by atoms with Gasteiger partial charge in [0.1, 0.15) is 11.9 Å². The van der Waals surface area contributed by atoms with Crippen LogP contribution in [0.2, 0.25) is 5.02 Å². The number of nitrogens with one attached hydrogen (secondary N) is 1. The van der Waals surface area contributed by atoms with Crippen molar-refractivity contribution in [3.8, 4) is 5.75 Å². The van der Waals surface area contributed by atoms with Crippen LogP contribution in [-0.2, 0) is 4.79 Å². The number of hydrogen-bond acceptors (Lipinski definition) is 4. The fourth-order valence-electron chi connectivity index (χ4n) is 1.87. The maximum absolute atomic E-state index is 12.2. The van der Waals surface area contributed by atoms with E-state index in [9.17, 15) is 14.7 Å². The molecule has 0 bridgehead atoms. The van der Waals surface area contributed by atoms with Crippen LogP contribution in [0.15, 0.2) is 42.5 Å². The minimum absolute atomic E-state index is 0.296. The lowest BCUT2D eigenvalue weighted by molar-refractivity contribution is -0.312. The number of amides is 1. The van der Waals surface area contributed by atoms with E-state index < -0.39 is 12.1 Å². The highest BCUT2D eigenvalue weighted by Crippen LogP contribution is 2.23. The van der Waals surface area contributed by atoms with Crippen LogP contribution in [0.1, 0.15) is 22.8 Å². The van der Waals surface area contributed by atoms with Crippen molar-refractivity contribution in [1.29, 1.82) is 0 Å². The van der Waals surface area contributed by atoms with Crippen molar-refractivity contribution in [2.75, 3.05) is 5.32 Å². The molecule has 0 aliphatic carbocycles. The van der Waals surface area contributed by atoms with Crippen molar-refractivity contribution < 1.29 is 19.4 Å². The molecule has 0 aromatic heterocycles. The molecule has 0 aliphatic rings. The molecule has 0 unspecified atom stereocenters. The highest BCUT2D eigenvalue weighted by molar-refractivity contribution is 6.31. The van der Waals surface area contributed by atoms with E-state index in [1.54, 1.807) is 30.3 Å². The van der Waals surface area contributed by atoms with E-state index in [0.717, 1.165) is 5.56 Å². The van der Waals surface area contributed by atoms with Gasteiger partial charge in [0.05, 0.1) is 5.97 Å². The van der Waals surface area contributed by atoms with Gasteiger partial charge in [0.2, 0.25) is 0 Å². The Morgan fingerprint density at radius 2 is 1.83 bits per heavy atom. The van der Waals surface area contributed by atoms with Gasteiger partial charge < -0.3 is 20.0 Å². The SMILES string of the molecule is Cc1c(Cl)cccc1NC(=O)c1ccc(O[C@@H](C)C(=O)[O-])cc1. The molecule has 0 heterocycles. The van der Waals surface area contributed by atoms with Gasteiger partial charge in [-0.25, -0.2) is 0 Å². The molecule has 120 valence electrons. The van der Waals surface area contributed by atoms with Gasteiger partial charge in [0.15, 0.2) is 0 Å². The molecule has 5 nitrogen and oxygen atoms in total. The van der Waals surface area contributed by atoms with Gasteiger partial charge in [-0.05, 0) is 55.8 Å². The van der Waals surface area contributed by atoms with Crippen molar-refractivity contribution in [3.63, 3.8) is 0 Å². The zero-order valence-electron chi connectivity index (χ0n) is 12.6. The molecule has 1 amide bonds. The second-order valence-electron chi connectivity index (χ2n) is 4.97. The molecule has 0 aliphatic heterocycles. The molecule has 0 spiro atoms. The number of carbonyl (C=O) groups excluding carboxylic acids is 2. The molecule has 1 N–H and O–H groups in total. The van der Waals surface area contributed by atoms with Crippen LogP contribution in [0.4, 0.5) is 5.69 Å². The topological polar surface area (TPSA) is 78.5 Å². The number of carboxylic acid groups (broad SMARTS) is 1. The largest absolute Gasteiger partial charge is 0.546 e. The van der Waals surface area contributed by atoms with Crippen LogP contribution in [0.5, 0.6) is 5.75 Å². The summed E-state index contributed by atoms with van der Waals surface area (Å²) in [6, 6.07) is 11.4. The van der Waals surface area contributed by atoms with E-state index in [1.807, 2.05) is 6.92 Å². The maximum Gasteiger partial charge on any atom is 0.255 e. The predicted molar refractivity (Wildman–Crippen MR) is 85.7 cm³/mol. The quantitative estimate of drug-likeness (QED) is 0.912. The summed E-state index contributed by atoms with van der Waals surface area (Å²) in [4.78, 5) is 22.9. The van der Waals surface area contributed by atoms with Crippen molar-refractivity contribution in [1.82, 2.24) is 0 Å². The molecule has 0 fully saturated rings. The number of carboxylic acids is 1. The van der Waals surface area contributed by atoms with Crippen molar-refractivity contribution >= 4 is 29.2 Å². The van der Waals surface area contributed by atoms with Crippen LogP contribution >= 0.6 is 11.6 Å². The number of ether oxygens (including phenoxy) is 1. The van der Waals surface area contributed by atoms with Gasteiger partial charge in [0, 0.05) is 16.3 Å². The fourth-order valence-corrected chi connectivity index (χ4v) is 2.05. The first-order valence-electron chi connectivity index (χ1n) is 6.92. The summed E-state index contributed by atoms with van der Waals surface area (Å²) < 4.78 is 5.15. The summed E-state index contributed by atoms with van der Waals surface area (Å²) in [5, 5.41) is 14.0. The Morgan fingerprint density at radius 1 is 1.17 bits per heavy atom. The molecule has 2 rings (SSSR count). The number of halogens is 1. The third-order valence-corrected chi connectivity index (χ3v) is 3.69. The lowest BCUT2D eigenvalue weighted by Gasteiger charge is -2.15. The third-order valence-electron chi connectivity index (χ3n) is 3.28. The lowest BCUT2D eigenvalue weighted by atomic mass is 10.1. The van der Waals surface area contributed by atoms with Crippen LogP contribution in [-0.4, -0.2) is 18.0 Å². The number of rotatable bonds is 5. The molecule has 0 radical (unpaired) electrons. The summed E-state index contributed by atoms with van der Waals surface area (Å²) in [6.45, 7) is 3.19. The molecule has 0 saturated carbocycles. The Kier molecular flexibility index (Phi) is 5.24. The summed E-state index contributed by atoms with van der Waals surface area (Å²) in [7, 11) is 0. The number of benzene rings is 2. The smallest absolute Gasteiger partial charge is 0.255 e. The van der Waals surface area contributed by atoms with Crippen LogP contribution < -0.4 is 15.2 Å². The monoisotopic (exact) mass is 332 g/mol. The first-order chi connectivity index (χ1) is 10.9. The van der Waals surface area contributed by atoms with Gasteiger partial charge in [-0.3, -0.25) is 4.79 Å². The highest BCUT2D eigenvalue weighted by Gasteiger charge is 2.10. The van der Waals surface area contributed by atoms with Gasteiger partial charge in [-0.15, -0.1) is 0 Å². The number of anilines is 1. The van der Waals surface area contributed by atoms with E-state index in [2.05, 4.69) is 5.32 Å². The van der Waals surface area contributed by atoms with Crippen LogP contribution in [0.25, 0.3) is 0 Å². The van der Waals surface area contributed by atoms with Crippen LogP contribution in [0, 0.1) is 6.92 Å². The molecule has 1 atom stereocenters. The molecule has 2 aromatic carbocycles. The van der Waals surface area contributed by atoms with Gasteiger partial charge in [-0.1, -0.05) is 17.7 Å². The summed E-state index contributed by atoms with van der Waals surface area (Å²) >= 11 is 6.02. The fraction of sp³-hybridized carbons (Fsp3) is 0.176. The Hall–Kier alpha value is -2.53. The zero-order chi connectivity index (χ0) is 17.0. The molecule has 0 saturated heterocycles. The Labute approximate surface area is 138 Å². The first-order valence-corrected chi connectivity index (χ1v) is 7.30. The number of carbonyl (C=O) groups is 2. The number of aliphatic carboxylic acids is 1. The minimum Gasteiger partial charge on any atom is -0.546 e. The average molecular weight is 333 g/mol. The van der Waals surface area contributed by atoms with E-state index >= 15 is 0 Å². The van der Waals surface area contributed by atoms with Crippen LogP contribution in [0.3, 0.4) is 0 Å². The highest BCUT2D eigenvalue weighted by atomic mass is 35.5. The Balaban J connectivity index is 2.08. The third kappa shape index (κ3) is 4.23. The van der Waals surface area contributed by atoms with E-state index in [-0.39, 0.29) is 5.91 Å². The van der Waals surface area contributed by atoms with E-state index in [0.29, 0.717) is 22.0 Å². The second-order valence-corrected chi connectivity index (χ2v) is 5.38. The molecule has 2 aromatic rings. The Morgan fingerprint density at radius 3 is 2.43 bits per heavy atom. The lowest BCUT2D eigenvalue weighted by Crippen LogP contribution is -2.37. The van der Waals surface area contributed by atoms with Gasteiger partial charge in [-0.2, -0.15) is 0 Å². The molecular weight excluding hydrogens is 318 g/mol. The number of hydrogen-bond donors (Lipinski definition) is 1. The summed E-state index contributed by atoms with van der Waals surface area (Å²) in [6.07, 6.45) is -1.07.